The molecule has 3 aromatic rings. The second-order valence-electron chi connectivity index (χ2n) is 5.05. The van der Waals surface area contributed by atoms with Crippen molar-refractivity contribution in [1.29, 1.82) is 0 Å². The highest BCUT2D eigenvalue weighted by Gasteiger charge is 2.09. The summed E-state index contributed by atoms with van der Waals surface area (Å²) in [5.74, 6) is 1.62. The Bertz CT molecular complexity index is 776. The number of hydrogen-bond acceptors (Lipinski definition) is 7. The van der Waals surface area contributed by atoms with E-state index in [9.17, 15) is 4.79 Å². The van der Waals surface area contributed by atoms with Crippen molar-refractivity contribution in [3.05, 3.63) is 52.7 Å². The molecule has 0 fully saturated rings. The maximum Gasteiger partial charge on any atom is 0.226 e. The fraction of sp³-hybridized carbons (Fsp3) is 0.235. The number of carbonyl (C=O) groups excluding carboxylic acids is 1. The number of carbonyl (C=O) groups is 1. The van der Waals surface area contributed by atoms with Crippen molar-refractivity contribution in [2.45, 2.75) is 22.9 Å². The number of nitrogens with zero attached hydrogens (tertiary/aromatic N) is 2. The van der Waals surface area contributed by atoms with Gasteiger partial charge in [0.15, 0.2) is 4.34 Å². The van der Waals surface area contributed by atoms with E-state index in [2.05, 4.69) is 27.0 Å². The molecule has 3 rings (SSSR count). The van der Waals surface area contributed by atoms with Crippen molar-refractivity contribution in [3.8, 4) is 5.75 Å². The number of para-hydroxylation sites is 1. The molecule has 0 aliphatic heterocycles. The summed E-state index contributed by atoms with van der Waals surface area (Å²) < 4.78 is 6.43. The van der Waals surface area contributed by atoms with Crippen LogP contribution in [0.1, 0.15) is 17.7 Å². The van der Waals surface area contributed by atoms with Gasteiger partial charge in [-0.3, -0.25) is 4.79 Å². The first-order chi connectivity index (χ1) is 12.3. The zero-order chi connectivity index (χ0) is 17.3. The van der Waals surface area contributed by atoms with E-state index in [1.165, 1.54) is 16.2 Å². The van der Waals surface area contributed by atoms with Gasteiger partial charge in [-0.2, -0.15) is 0 Å². The Morgan fingerprint density at radius 1 is 1.16 bits per heavy atom. The highest BCUT2D eigenvalue weighted by molar-refractivity contribution is 8.00. The minimum Gasteiger partial charge on any atom is -0.494 e. The Morgan fingerprint density at radius 3 is 2.84 bits per heavy atom. The molecule has 0 radical (unpaired) electrons. The van der Waals surface area contributed by atoms with Crippen molar-refractivity contribution in [2.24, 2.45) is 0 Å². The average Bonchev–Trinajstić information content (AvgIpc) is 3.29. The Labute approximate surface area is 158 Å². The predicted molar refractivity (Wildman–Crippen MR) is 104 cm³/mol. The number of rotatable bonds is 9. The van der Waals surface area contributed by atoms with E-state index in [4.69, 9.17) is 4.74 Å². The van der Waals surface area contributed by atoms with Crippen LogP contribution in [0.4, 0.5) is 5.13 Å². The van der Waals surface area contributed by atoms with Crippen LogP contribution >= 0.6 is 34.4 Å². The van der Waals surface area contributed by atoms with E-state index in [0.717, 1.165) is 15.8 Å². The fourth-order valence-electron chi connectivity index (χ4n) is 1.97. The minimum absolute atomic E-state index is 0.0670. The molecule has 1 N–H and O–H groups in total. The number of thiophene rings is 1. The molecular formula is C17H17N3O2S3. The van der Waals surface area contributed by atoms with E-state index in [1.807, 2.05) is 36.4 Å². The van der Waals surface area contributed by atoms with Crippen LogP contribution in [0.15, 0.2) is 52.2 Å². The number of nitrogens with one attached hydrogen (secondary N) is 1. The highest BCUT2D eigenvalue weighted by Crippen LogP contribution is 2.29. The molecule has 25 heavy (non-hydrogen) atoms. The molecule has 5 nitrogen and oxygen atoms in total. The summed E-state index contributed by atoms with van der Waals surface area (Å²) in [7, 11) is 0. The van der Waals surface area contributed by atoms with E-state index in [1.54, 1.807) is 23.1 Å². The number of ether oxygens (including phenoxy) is 1. The Morgan fingerprint density at radius 2 is 2.04 bits per heavy atom. The Balaban J connectivity index is 1.35. The maximum absolute atomic E-state index is 11.9. The third-order valence-electron chi connectivity index (χ3n) is 3.13. The molecule has 0 saturated carbocycles. The van der Waals surface area contributed by atoms with Gasteiger partial charge in [-0.05, 0) is 30.0 Å². The Hall–Kier alpha value is -1.90. The van der Waals surface area contributed by atoms with Crippen molar-refractivity contribution in [3.63, 3.8) is 0 Å². The van der Waals surface area contributed by atoms with Gasteiger partial charge in [-0.25, -0.2) is 0 Å². The second-order valence-corrected chi connectivity index (χ2v) is 8.29. The summed E-state index contributed by atoms with van der Waals surface area (Å²) in [6.45, 7) is 0.509. The van der Waals surface area contributed by atoms with Crippen LogP contribution in [-0.4, -0.2) is 22.7 Å². The summed E-state index contributed by atoms with van der Waals surface area (Å²) >= 11 is 4.75. The van der Waals surface area contributed by atoms with Gasteiger partial charge in [0.2, 0.25) is 11.0 Å². The van der Waals surface area contributed by atoms with Gasteiger partial charge in [0.25, 0.3) is 0 Å². The zero-order valence-corrected chi connectivity index (χ0v) is 15.8. The van der Waals surface area contributed by atoms with Gasteiger partial charge in [0, 0.05) is 17.1 Å². The number of aromatic nitrogens is 2. The van der Waals surface area contributed by atoms with E-state index < -0.39 is 0 Å². The summed E-state index contributed by atoms with van der Waals surface area (Å²) in [6, 6.07) is 13.7. The molecule has 130 valence electrons. The van der Waals surface area contributed by atoms with Crippen molar-refractivity contribution >= 4 is 45.5 Å². The molecule has 1 amide bonds. The largest absolute Gasteiger partial charge is 0.494 e. The molecule has 0 unspecified atom stereocenters. The SMILES string of the molecule is O=C(CCCOc1ccccc1)Nc1nnc(SCc2cccs2)s1. The van der Waals surface area contributed by atoms with Gasteiger partial charge >= 0.3 is 0 Å². The lowest BCUT2D eigenvalue weighted by Gasteiger charge is -2.05. The quantitative estimate of drug-likeness (QED) is 0.326. The van der Waals surface area contributed by atoms with Crippen LogP contribution in [0.5, 0.6) is 5.75 Å². The average molecular weight is 392 g/mol. The predicted octanol–water partition coefficient (Wildman–Crippen LogP) is 4.69. The van der Waals surface area contributed by atoms with Gasteiger partial charge in [0.1, 0.15) is 5.75 Å². The molecular weight excluding hydrogens is 374 g/mol. The molecule has 0 aliphatic carbocycles. The molecule has 0 aliphatic rings. The minimum atomic E-state index is -0.0670. The molecule has 0 spiro atoms. The lowest BCUT2D eigenvalue weighted by atomic mass is 10.3. The first-order valence-electron chi connectivity index (χ1n) is 7.76. The number of amides is 1. The summed E-state index contributed by atoms with van der Waals surface area (Å²) in [5, 5.41) is 13.5. The number of thioether (sulfide) groups is 1. The van der Waals surface area contributed by atoms with Crippen LogP contribution in [-0.2, 0) is 10.5 Å². The highest BCUT2D eigenvalue weighted by atomic mass is 32.2. The van der Waals surface area contributed by atoms with E-state index in [0.29, 0.717) is 24.6 Å². The first-order valence-corrected chi connectivity index (χ1v) is 10.4. The fourth-order valence-corrected chi connectivity index (χ4v) is 4.51. The van der Waals surface area contributed by atoms with Gasteiger partial charge in [-0.1, -0.05) is 47.4 Å². The molecule has 8 heteroatoms. The normalized spacial score (nSPS) is 10.6. The molecule has 0 bridgehead atoms. The van der Waals surface area contributed by atoms with Gasteiger partial charge < -0.3 is 10.1 Å². The molecule has 2 aromatic heterocycles. The molecule has 1 aromatic carbocycles. The number of anilines is 1. The lowest BCUT2D eigenvalue weighted by molar-refractivity contribution is -0.116. The lowest BCUT2D eigenvalue weighted by Crippen LogP contribution is -2.12. The monoisotopic (exact) mass is 391 g/mol. The maximum atomic E-state index is 11.9. The summed E-state index contributed by atoms with van der Waals surface area (Å²) in [5.41, 5.74) is 0. The van der Waals surface area contributed by atoms with Crippen molar-refractivity contribution in [2.75, 3.05) is 11.9 Å². The van der Waals surface area contributed by atoms with Crippen LogP contribution < -0.4 is 10.1 Å². The standard InChI is InChI=1S/C17H17N3O2S3/c21-15(9-4-10-22-13-6-2-1-3-7-13)18-16-19-20-17(25-16)24-12-14-8-5-11-23-14/h1-3,5-8,11H,4,9-10,12H2,(H,18,19,21). The molecule has 0 atom stereocenters. The third kappa shape index (κ3) is 6.15. The van der Waals surface area contributed by atoms with Crippen LogP contribution in [0.2, 0.25) is 0 Å². The van der Waals surface area contributed by atoms with Crippen LogP contribution in [0.3, 0.4) is 0 Å². The van der Waals surface area contributed by atoms with E-state index in [-0.39, 0.29) is 5.91 Å². The smallest absolute Gasteiger partial charge is 0.226 e. The number of benzene rings is 1. The van der Waals surface area contributed by atoms with Crippen molar-refractivity contribution in [1.82, 2.24) is 10.2 Å². The topological polar surface area (TPSA) is 64.1 Å². The summed E-state index contributed by atoms with van der Waals surface area (Å²) in [6.07, 6.45) is 1.05. The second kappa shape index (κ2) is 9.55. The number of hydrogen-bond donors (Lipinski definition) is 1. The summed E-state index contributed by atoms with van der Waals surface area (Å²) in [4.78, 5) is 13.2. The first kappa shape index (κ1) is 17.9. The Kier molecular flexibility index (Phi) is 6.84. The zero-order valence-electron chi connectivity index (χ0n) is 13.4. The molecule has 0 saturated heterocycles. The van der Waals surface area contributed by atoms with Crippen molar-refractivity contribution < 1.29 is 9.53 Å². The van der Waals surface area contributed by atoms with Crippen LogP contribution in [0.25, 0.3) is 0 Å². The van der Waals surface area contributed by atoms with Gasteiger partial charge in [0.05, 0.1) is 6.61 Å². The molecule has 2 heterocycles. The third-order valence-corrected chi connectivity index (χ3v) is 6.21. The van der Waals surface area contributed by atoms with E-state index >= 15 is 0 Å². The van der Waals surface area contributed by atoms with Gasteiger partial charge in [-0.15, -0.1) is 21.5 Å². The van der Waals surface area contributed by atoms with Crippen LogP contribution in [0, 0.1) is 0 Å².